The third-order valence-corrected chi connectivity index (χ3v) is 17.4. The van der Waals surface area contributed by atoms with Crippen LogP contribution in [0.5, 0.6) is 0 Å². The summed E-state index contributed by atoms with van der Waals surface area (Å²) < 4.78 is 23.5. The molecule has 2 N–H and O–H groups in total. The summed E-state index contributed by atoms with van der Waals surface area (Å²) in [6.07, 6.45) is 91.3. The summed E-state index contributed by atoms with van der Waals surface area (Å²) in [5.74, 6) is -0.158. The van der Waals surface area contributed by atoms with Crippen molar-refractivity contribution >= 4 is 13.7 Å². The average molecular weight is 1200 g/mol. The van der Waals surface area contributed by atoms with Crippen LogP contribution in [-0.2, 0) is 18.4 Å². The number of aliphatic hydroxyl groups is 1. The largest absolute Gasteiger partial charge is 0.756 e. The molecular weight excluding hydrogens is 1060 g/mol. The number of hydrogen-bond donors (Lipinski definition) is 2. The van der Waals surface area contributed by atoms with Gasteiger partial charge in [-0.2, -0.15) is 0 Å². The zero-order chi connectivity index (χ0) is 61.2. The fourth-order valence-corrected chi connectivity index (χ4v) is 11.6. The lowest BCUT2D eigenvalue weighted by molar-refractivity contribution is -0.870. The molecule has 0 spiro atoms. The van der Waals surface area contributed by atoms with Crippen molar-refractivity contribution in [3.63, 3.8) is 0 Å². The summed E-state index contributed by atoms with van der Waals surface area (Å²) in [6.45, 7) is 4.65. The summed E-state index contributed by atoms with van der Waals surface area (Å²) in [5, 5.41) is 14.1. The van der Waals surface area contributed by atoms with Crippen LogP contribution < -0.4 is 10.2 Å². The fourth-order valence-electron chi connectivity index (χ4n) is 10.9. The lowest BCUT2D eigenvalue weighted by Gasteiger charge is -2.30. The maximum Gasteiger partial charge on any atom is 0.268 e. The van der Waals surface area contributed by atoms with E-state index < -0.39 is 20.0 Å². The Morgan fingerprint density at radius 2 is 0.726 bits per heavy atom. The molecule has 0 saturated carbocycles. The van der Waals surface area contributed by atoms with E-state index in [1.807, 2.05) is 21.1 Å². The molecule has 84 heavy (non-hydrogen) atoms. The van der Waals surface area contributed by atoms with Crippen molar-refractivity contribution in [1.82, 2.24) is 5.32 Å². The number of unbranched alkanes of at least 4 members (excludes halogenated alkanes) is 42. The van der Waals surface area contributed by atoms with Crippen molar-refractivity contribution in [3.8, 4) is 0 Å². The van der Waals surface area contributed by atoms with E-state index in [0.717, 1.165) is 77.0 Å². The van der Waals surface area contributed by atoms with E-state index in [2.05, 4.69) is 92.1 Å². The molecule has 0 aromatic carbocycles. The first-order chi connectivity index (χ1) is 41.0. The molecule has 0 aromatic heterocycles. The molecule has 9 heteroatoms. The summed E-state index contributed by atoms with van der Waals surface area (Å²) in [6, 6.07) is -0.802. The van der Waals surface area contributed by atoms with Crippen molar-refractivity contribution < 1.29 is 32.9 Å². The van der Waals surface area contributed by atoms with Gasteiger partial charge in [0.25, 0.3) is 7.82 Å². The highest BCUT2D eigenvalue weighted by Crippen LogP contribution is 2.38. The van der Waals surface area contributed by atoms with Gasteiger partial charge in [-0.15, -0.1) is 0 Å². The number of phosphoric acid groups is 1. The van der Waals surface area contributed by atoms with Gasteiger partial charge in [0.05, 0.1) is 39.9 Å². The predicted octanol–water partition coefficient (Wildman–Crippen LogP) is 22.7. The van der Waals surface area contributed by atoms with Crippen LogP contribution in [0.1, 0.15) is 348 Å². The molecule has 0 heterocycles. The van der Waals surface area contributed by atoms with Crippen molar-refractivity contribution in [2.75, 3.05) is 40.9 Å². The number of hydrogen-bond acceptors (Lipinski definition) is 6. The molecule has 492 valence electrons. The average Bonchev–Trinajstić information content (AvgIpc) is 3.56. The van der Waals surface area contributed by atoms with Crippen molar-refractivity contribution in [3.05, 3.63) is 72.9 Å². The standard InChI is InChI=1S/C75H141N2O6P/c1-6-8-10-12-14-16-18-20-22-24-26-28-29-30-31-32-33-34-35-36-37-38-39-40-41-42-43-44-45-46-47-49-51-53-55-57-59-61-63-65-67-69-75(79)76-73(72-83-84(80,81)82-71-70-77(3,4)5)74(78)68-66-64-62-60-58-56-54-52-50-48-27-25-23-21-19-17-15-13-11-9-7-2/h8,10,14,16,20,22,26,28,30-31,33-34,73-74,78H,6-7,9,11-13,15,17-19,21,23-25,27,29,32,35-72H2,1-5H3,(H-,76,79,80,81)/b10-8-,16-14-,22-20-,28-26-,31-30-,34-33-. The first-order valence-corrected chi connectivity index (χ1v) is 37.7. The number of nitrogens with one attached hydrogen (secondary N) is 1. The SMILES string of the molecule is CC/C=C\C/C=C\C/C=C\C/C=C\C/C=C\C/C=C\CCCCCCCCCCCCCCCCCCCCCCCCC(=O)NC(COP(=O)([O-])OCC[N+](C)(C)C)C(O)CCCCCCCCCCCCCCCCCCCCCCC. The van der Waals surface area contributed by atoms with E-state index in [1.54, 1.807) is 0 Å². The van der Waals surface area contributed by atoms with Gasteiger partial charge in [-0.3, -0.25) is 9.36 Å². The van der Waals surface area contributed by atoms with Crippen LogP contribution in [0.4, 0.5) is 0 Å². The normalized spacial score (nSPS) is 14.0. The molecule has 0 aromatic rings. The lowest BCUT2D eigenvalue weighted by Crippen LogP contribution is -2.46. The highest BCUT2D eigenvalue weighted by Gasteiger charge is 2.24. The minimum Gasteiger partial charge on any atom is -0.756 e. The van der Waals surface area contributed by atoms with Gasteiger partial charge in [-0.25, -0.2) is 0 Å². The second-order valence-electron chi connectivity index (χ2n) is 25.9. The molecule has 0 radical (unpaired) electrons. The third-order valence-electron chi connectivity index (χ3n) is 16.5. The molecule has 0 aliphatic carbocycles. The highest BCUT2D eigenvalue weighted by molar-refractivity contribution is 7.45. The smallest absolute Gasteiger partial charge is 0.268 e. The van der Waals surface area contributed by atoms with E-state index in [1.165, 1.54) is 244 Å². The molecule has 3 unspecified atom stereocenters. The molecule has 0 aliphatic heterocycles. The first-order valence-electron chi connectivity index (χ1n) is 36.3. The second-order valence-corrected chi connectivity index (χ2v) is 27.3. The molecule has 0 rings (SSSR count). The molecule has 0 aliphatic rings. The van der Waals surface area contributed by atoms with E-state index >= 15 is 0 Å². The molecule has 8 nitrogen and oxygen atoms in total. The van der Waals surface area contributed by atoms with Gasteiger partial charge in [0.2, 0.25) is 5.91 Å². The Morgan fingerprint density at radius 3 is 1.06 bits per heavy atom. The molecule has 3 atom stereocenters. The van der Waals surface area contributed by atoms with Crippen LogP contribution in [0.25, 0.3) is 0 Å². The van der Waals surface area contributed by atoms with Crippen molar-refractivity contribution in [1.29, 1.82) is 0 Å². The number of allylic oxidation sites excluding steroid dienone is 12. The maximum atomic E-state index is 13.1. The molecule has 0 saturated heterocycles. The number of nitrogens with zero attached hydrogens (tertiary/aromatic N) is 1. The topological polar surface area (TPSA) is 108 Å². The Bertz CT molecular complexity index is 1600. The lowest BCUT2D eigenvalue weighted by atomic mass is 10.0. The van der Waals surface area contributed by atoms with Gasteiger partial charge in [-0.1, -0.05) is 350 Å². The second kappa shape index (κ2) is 65.4. The monoisotopic (exact) mass is 1200 g/mol. The molecule has 0 bridgehead atoms. The van der Waals surface area contributed by atoms with Crippen LogP contribution in [0.15, 0.2) is 72.9 Å². The van der Waals surface area contributed by atoms with Crippen LogP contribution in [0, 0.1) is 0 Å². The Hall–Kier alpha value is -2.06. The van der Waals surface area contributed by atoms with E-state index in [0.29, 0.717) is 23.9 Å². The Balaban J connectivity index is 3.92. The van der Waals surface area contributed by atoms with E-state index in [4.69, 9.17) is 9.05 Å². The third kappa shape index (κ3) is 67.4. The summed E-state index contributed by atoms with van der Waals surface area (Å²) in [5.41, 5.74) is 0. The zero-order valence-electron chi connectivity index (χ0n) is 56.4. The van der Waals surface area contributed by atoms with Crippen LogP contribution in [0.2, 0.25) is 0 Å². The predicted molar refractivity (Wildman–Crippen MR) is 367 cm³/mol. The Morgan fingerprint density at radius 1 is 0.429 bits per heavy atom. The number of amides is 1. The van der Waals surface area contributed by atoms with Crippen LogP contribution >= 0.6 is 7.82 Å². The summed E-state index contributed by atoms with van der Waals surface area (Å²) in [7, 11) is 1.32. The number of quaternary nitrogens is 1. The van der Waals surface area contributed by atoms with E-state index in [9.17, 15) is 19.4 Å². The van der Waals surface area contributed by atoms with Gasteiger partial charge in [0.15, 0.2) is 0 Å². The molecule has 0 fully saturated rings. The maximum absolute atomic E-state index is 13.1. The van der Waals surface area contributed by atoms with Gasteiger partial charge in [0.1, 0.15) is 13.2 Å². The molecule has 1 amide bonds. The van der Waals surface area contributed by atoms with Gasteiger partial charge in [0, 0.05) is 6.42 Å². The summed E-state index contributed by atoms with van der Waals surface area (Å²) >= 11 is 0. The summed E-state index contributed by atoms with van der Waals surface area (Å²) in [4.78, 5) is 25.7. The fraction of sp³-hybridized carbons (Fsp3) is 0.827. The van der Waals surface area contributed by atoms with Gasteiger partial charge in [-0.05, 0) is 64.2 Å². The van der Waals surface area contributed by atoms with Gasteiger partial charge >= 0.3 is 0 Å². The molecular formula is C75H141N2O6P. The van der Waals surface area contributed by atoms with E-state index in [-0.39, 0.29) is 19.1 Å². The first kappa shape index (κ1) is 81.9. The number of rotatable bonds is 67. The van der Waals surface area contributed by atoms with Crippen molar-refractivity contribution in [2.45, 2.75) is 360 Å². The number of phosphoric ester groups is 1. The quantitative estimate of drug-likeness (QED) is 0.0272. The Labute approximate surface area is 523 Å². The number of likely N-dealkylation sites (N-methyl/N-ethyl adjacent to an activating group) is 1. The van der Waals surface area contributed by atoms with Crippen molar-refractivity contribution in [2.24, 2.45) is 0 Å². The number of carbonyl (C=O) groups excluding carboxylic acids is 1. The minimum atomic E-state index is -4.58. The highest BCUT2D eigenvalue weighted by atomic mass is 31.2. The van der Waals surface area contributed by atoms with Gasteiger partial charge < -0.3 is 28.8 Å². The zero-order valence-corrected chi connectivity index (χ0v) is 57.3. The minimum absolute atomic E-state index is 0.0132. The number of carbonyl (C=O) groups is 1. The van der Waals surface area contributed by atoms with Crippen LogP contribution in [0.3, 0.4) is 0 Å². The van der Waals surface area contributed by atoms with Crippen LogP contribution in [-0.4, -0.2) is 68.5 Å². The Kier molecular flexibility index (Phi) is 63.8. The number of aliphatic hydroxyl groups excluding tert-OH is 1.